The molecule has 4 heteroatoms. The normalized spacial score (nSPS) is 0. The molecule has 0 unspecified atom stereocenters. The maximum absolute atomic E-state index is 0. The molecule has 4 heavy (non-hydrogen) atoms. The van der Waals surface area contributed by atoms with Gasteiger partial charge in [-0.15, -0.1) is 0 Å². The van der Waals surface area contributed by atoms with Gasteiger partial charge in [0.15, 0.2) is 0 Å². The summed E-state index contributed by atoms with van der Waals surface area (Å²) < 4.78 is 0. The third kappa shape index (κ3) is 8.82. The van der Waals surface area contributed by atoms with Gasteiger partial charge in [0.05, 0.1) is 0 Å². The van der Waals surface area contributed by atoms with Crippen LogP contribution in [0.15, 0.2) is 0 Å². The van der Waals surface area contributed by atoms with Gasteiger partial charge in [0.1, 0.15) is 0 Å². The second-order valence-corrected chi connectivity index (χ2v) is 0. The molecule has 24 valence electrons. The van der Waals surface area contributed by atoms with Gasteiger partial charge in [-0.3, -0.25) is 0 Å². The summed E-state index contributed by atoms with van der Waals surface area (Å²) in [6, 6.07) is 0. The first kappa shape index (κ1) is 32.0. The quantitative estimate of drug-likeness (QED) is 0.459. The van der Waals surface area contributed by atoms with Gasteiger partial charge in [-0.1, -0.05) is 0 Å². The SMILES string of the molecule is [Co].[GaH3].[Ti].[V]. The molecule has 0 aliphatic carbocycles. The molecule has 0 rings (SSSR count). The van der Waals surface area contributed by atoms with E-state index in [1.165, 1.54) is 0 Å². The summed E-state index contributed by atoms with van der Waals surface area (Å²) in [5, 5.41) is 0. The Morgan fingerprint density at radius 3 is 1.00 bits per heavy atom. The van der Waals surface area contributed by atoms with Gasteiger partial charge in [0, 0.05) is 57.1 Å². The summed E-state index contributed by atoms with van der Waals surface area (Å²) in [7, 11) is 0. The van der Waals surface area contributed by atoms with Crippen molar-refractivity contribution in [2.75, 3.05) is 0 Å². The molecule has 0 aliphatic heterocycles. The molecule has 0 aromatic carbocycles. The van der Waals surface area contributed by atoms with Crippen molar-refractivity contribution >= 4 is 19.8 Å². The van der Waals surface area contributed by atoms with Crippen LogP contribution in [0.2, 0.25) is 0 Å². The summed E-state index contributed by atoms with van der Waals surface area (Å²) in [6.07, 6.45) is 0. The van der Waals surface area contributed by atoms with Crippen molar-refractivity contribution in [3.63, 3.8) is 0 Å². The van der Waals surface area contributed by atoms with E-state index in [0.29, 0.717) is 0 Å². The fourth-order valence-corrected chi connectivity index (χ4v) is 0. The zero-order chi connectivity index (χ0) is 0. The molecule has 0 aromatic rings. The first-order valence-corrected chi connectivity index (χ1v) is 0. The molecule has 0 fully saturated rings. The van der Waals surface area contributed by atoms with Crippen molar-refractivity contribution in [2.24, 2.45) is 0 Å². The average Bonchev–Trinajstić information content (AvgIpc) is 0. The minimum atomic E-state index is 0. The van der Waals surface area contributed by atoms with Gasteiger partial charge in [-0.2, -0.15) is 0 Å². The van der Waals surface area contributed by atoms with Crippen LogP contribution in [0.5, 0.6) is 0 Å². The van der Waals surface area contributed by atoms with Crippen LogP contribution in [0.3, 0.4) is 0 Å². The standard InChI is InChI=1S/Co.Ga.Ti.V.3H. The number of hydrogen-bond acceptors (Lipinski definition) is 0. The predicted molar refractivity (Wildman–Crippen MR) is 9.94 cm³/mol. The Bertz CT molecular complexity index is 8.00. The minimum absolute atomic E-state index is 0. The van der Waals surface area contributed by atoms with E-state index < -0.39 is 0 Å². The Labute approximate surface area is 75.9 Å². The van der Waals surface area contributed by atoms with E-state index in [0.717, 1.165) is 0 Å². The van der Waals surface area contributed by atoms with Gasteiger partial charge >= 0.3 is 19.8 Å². The average molecular weight is 230 g/mol. The van der Waals surface area contributed by atoms with E-state index in [2.05, 4.69) is 0 Å². The van der Waals surface area contributed by atoms with Gasteiger partial charge in [-0.25, -0.2) is 0 Å². The van der Waals surface area contributed by atoms with Crippen LogP contribution in [-0.4, -0.2) is 19.8 Å². The summed E-state index contributed by atoms with van der Waals surface area (Å²) in [5.41, 5.74) is 0. The van der Waals surface area contributed by atoms with Crippen LogP contribution in [0.4, 0.5) is 0 Å². The molecule has 0 amide bonds. The Morgan fingerprint density at radius 1 is 1.00 bits per heavy atom. The van der Waals surface area contributed by atoms with Crippen molar-refractivity contribution in [1.82, 2.24) is 0 Å². The molecule has 0 N–H and O–H groups in total. The number of hydrogen-bond donors (Lipinski definition) is 0. The van der Waals surface area contributed by atoms with Crippen LogP contribution < -0.4 is 0 Å². The minimum Gasteiger partial charge on any atom is 0 e. The monoisotopic (exact) mass is 230 g/mol. The summed E-state index contributed by atoms with van der Waals surface area (Å²) in [6.45, 7) is 0. The van der Waals surface area contributed by atoms with Gasteiger partial charge in [0.25, 0.3) is 0 Å². The van der Waals surface area contributed by atoms with Crippen molar-refractivity contribution in [1.29, 1.82) is 0 Å². The molecule has 0 saturated carbocycles. The predicted octanol–water partition coefficient (Wildman–Crippen LogP) is -1.19. The second-order valence-electron chi connectivity index (χ2n) is 0. The molecule has 0 atom stereocenters. The molecule has 0 nitrogen and oxygen atoms in total. The topological polar surface area (TPSA) is 0 Å². The molecule has 2 radical (unpaired) electrons. The van der Waals surface area contributed by atoms with E-state index in [9.17, 15) is 0 Å². The van der Waals surface area contributed by atoms with Crippen molar-refractivity contribution in [3.8, 4) is 0 Å². The third-order valence-electron chi connectivity index (χ3n) is 0. The van der Waals surface area contributed by atoms with Crippen LogP contribution in [0.1, 0.15) is 0 Å². The molecular formula is H3CoGaTiV. The molecule has 0 spiro atoms. The fourth-order valence-electron chi connectivity index (χ4n) is 0. The van der Waals surface area contributed by atoms with Crippen LogP contribution in [0.25, 0.3) is 0 Å². The first-order chi connectivity index (χ1) is 0. The molecule has 0 aromatic heterocycles. The maximum atomic E-state index is 0. The molecule has 0 bridgehead atoms. The largest absolute Gasteiger partial charge is 0 e. The Balaban J connectivity index is 0. The Kier molecular flexibility index (Phi) is 144. The third-order valence-corrected chi connectivity index (χ3v) is 0. The molecular weight excluding hydrogens is 227 g/mol. The summed E-state index contributed by atoms with van der Waals surface area (Å²) in [4.78, 5) is 0. The fraction of sp³-hybridized carbons (Fsp3) is 0. The van der Waals surface area contributed by atoms with Gasteiger partial charge in [0.2, 0.25) is 0 Å². The Morgan fingerprint density at radius 2 is 1.00 bits per heavy atom. The summed E-state index contributed by atoms with van der Waals surface area (Å²) in [5.74, 6) is 0. The van der Waals surface area contributed by atoms with Crippen molar-refractivity contribution < 1.29 is 57.1 Å². The van der Waals surface area contributed by atoms with E-state index >= 15 is 0 Å². The molecule has 0 aliphatic rings. The molecule has 0 heterocycles. The zero-order valence-corrected chi connectivity index (χ0v) is 5.28. The first-order valence-electron chi connectivity index (χ1n) is 0. The van der Waals surface area contributed by atoms with Crippen molar-refractivity contribution in [2.45, 2.75) is 0 Å². The Hall–Kier alpha value is 2.44. The van der Waals surface area contributed by atoms with E-state index in [1.807, 2.05) is 0 Å². The van der Waals surface area contributed by atoms with E-state index in [1.54, 1.807) is 0 Å². The van der Waals surface area contributed by atoms with Crippen LogP contribution >= 0.6 is 0 Å². The van der Waals surface area contributed by atoms with Gasteiger partial charge in [-0.05, 0) is 0 Å². The van der Waals surface area contributed by atoms with Crippen LogP contribution in [-0.2, 0) is 57.1 Å². The maximum Gasteiger partial charge on any atom is 0 e. The van der Waals surface area contributed by atoms with E-state index in [4.69, 9.17) is 0 Å². The van der Waals surface area contributed by atoms with Gasteiger partial charge < -0.3 is 0 Å². The number of rotatable bonds is 0. The zero-order valence-electron chi connectivity index (χ0n) is 1.28. The summed E-state index contributed by atoms with van der Waals surface area (Å²) >= 11 is 0. The van der Waals surface area contributed by atoms with E-state index in [-0.39, 0.29) is 76.8 Å². The molecule has 0 saturated heterocycles. The van der Waals surface area contributed by atoms with Crippen LogP contribution in [0, 0.1) is 0 Å². The second kappa shape index (κ2) is 18.0. The smallest absolute Gasteiger partial charge is 0 e. The van der Waals surface area contributed by atoms with Crippen molar-refractivity contribution in [3.05, 3.63) is 0 Å².